The summed E-state index contributed by atoms with van der Waals surface area (Å²) in [6.07, 6.45) is 2.25. The van der Waals surface area contributed by atoms with Crippen LogP contribution in [0.25, 0.3) is 0 Å². The van der Waals surface area contributed by atoms with Gasteiger partial charge in [0, 0.05) is 18.2 Å². The maximum Gasteiger partial charge on any atom is 0.257 e. The normalized spacial score (nSPS) is 28.8. The van der Waals surface area contributed by atoms with Crippen molar-refractivity contribution in [3.8, 4) is 0 Å². The first-order valence-corrected chi connectivity index (χ1v) is 6.72. The number of aliphatic hydroxyl groups is 1. The summed E-state index contributed by atoms with van der Waals surface area (Å²) >= 11 is 0. The second-order valence-corrected chi connectivity index (χ2v) is 5.58. The van der Waals surface area contributed by atoms with E-state index in [1.165, 1.54) is 0 Å². The average Bonchev–Trinajstić information content (AvgIpc) is 2.65. The number of benzene rings is 1. The number of aliphatic hydroxyl groups excluding tert-OH is 1. The van der Waals surface area contributed by atoms with E-state index in [2.05, 4.69) is 0 Å². The van der Waals surface area contributed by atoms with Crippen LogP contribution < -0.4 is 5.73 Å². The zero-order valence-electron chi connectivity index (χ0n) is 10.9. The van der Waals surface area contributed by atoms with E-state index in [9.17, 15) is 18.7 Å². The quantitative estimate of drug-likeness (QED) is 0.770. The Morgan fingerprint density at radius 1 is 1.20 bits per heavy atom. The van der Waals surface area contributed by atoms with Crippen LogP contribution in [0.1, 0.15) is 36.0 Å². The molecule has 3 rings (SSSR count). The molecule has 6 heteroatoms. The topological polar surface area (TPSA) is 66.6 Å². The first kappa shape index (κ1) is 13.3. The van der Waals surface area contributed by atoms with Crippen molar-refractivity contribution in [3.63, 3.8) is 0 Å². The number of nitrogen functional groups attached to an aromatic ring is 1. The lowest BCUT2D eigenvalue weighted by Crippen LogP contribution is -2.48. The lowest BCUT2D eigenvalue weighted by molar-refractivity contribution is 0.0284. The van der Waals surface area contributed by atoms with Crippen LogP contribution in [0.4, 0.5) is 14.5 Å². The highest BCUT2D eigenvalue weighted by atomic mass is 19.1. The molecule has 0 spiro atoms. The first-order chi connectivity index (χ1) is 9.47. The zero-order chi connectivity index (χ0) is 14.4. The summed E-state index contributed by atoms with van der Waals surface area (Å²) in [7, 11) is 0. The Balaban J connectivity index is 1.92. The monoisotopic (exact) mass is 282 g/mol. The number of fused-ring (bicyclic) bond motifs is 2. The Morgan fingerprint density at radius 3 is 2.40 bits per heavy atom. The molecule has 0 aliphatic carbocycles. The second kappa shape index (κ2) is 4.70. The zero-order valence-corrected chi connectivity index (χ0v) is 10.9. The van der Waals surface area contributed by atoms with E-state index in [1.54, 1.807) is 4.90 Å². The van der Waals surface area contributed by atoms with Crippen LogP contribution in [0.15, 0.2) is 12.1 Å². The van der Waals surface area contributed by atoms with Crippen LogP contribution in [0.2, 0.25) is 0 Å². The molecule has 108 valence electrons. The fourth-order valence-corrected chi connectivity index (χ4v) is 3.35. The minimum Gasteiger partial charge on any atom is -0.396 e. The van der Waals surface area contributed by atoms with Gasteiger partial charge in [-0.05, 0) is 31.7 Å². The molecule has 1 amide bonds. The summed E-state index contributed by atoms with van der Waals surface area (Å²) in [5, 5.41) is 9.71. The van der Waals surface area contributed by atoms with Gasteiger partial charge in [0.2, 0.25) is 0 Å². The fraction of sp³-hybridized carbons (Fsp3) is 0.500. The highest BCUT2D eigenvalue weighted by molar-refractivity contribution is 5.96. The molecule has 2 heterocycles. The molecule has 1 aromatic carbocycles. The molecule has 3 N–H and O–H groups in total. The van der Waals surface area contributed by atoms with E-state index in [0.717, 1.165) is 18.9 Å². The van der Waals surface area contributed by atoms with E-state index in [1.807, 2.05) is 0 Å². The van der Waals surface area contributed by atoms with Gasteiger partial charge >= 0.3 is 0 Å². The molecule has 1 aromatic rings. The fourth-order valence-electron chi connectivity index (χ4n) is 3.35. The van der Waals surface area contributed by atoms with Gasteiger partial charge in [-0.2, -0.15) is 0 Å². The van der Waals surface area contributed by atoms with Crippen LogP contribution >= 0.6 is 0 Å². The van der Waals surface area contributed by atoms with Crippen molar-refractivity contribution in [2.45, 2.75) is 43.9 Å². The van der Waals surface area contributed by atoms with Crippen molar-refractivity contribution in [2.75, 3.05) is 5.73 Å². The van der Waals surface area contributed by atoms with E-state index >= 15 is 0 Å². The average molecular weight is 282 g/mol. The summed E-state index contributed by atoms with van der Waals surface area (Å²) < 4.78 is 27.0. The maximum absolute atomic E-state index is 13.8. The van der Waals surface area contributed by atoms with Gasteiger partial charge in [0.15, 0.2) is 0 Å². The number of rotatable bonds is 1. The maximum atomic E-state index is 13.8. The molecular weight excluding hydrogens is 266 g/mol. The minimum absolute atomic E-state index is 0.0677. The lowest BCUT2D eigenvalue weighted by atomic mass is 9.98. The van der Waals surface area contributed by atoms with Gasteiger partial charge in [-0.3, -0.25) is 4.79 Å². The van der Waals surface area contributed by atoms with Crippen molar-refractivity contribution in [1.29, 1.82) is 0 Å². The SMILES string of the molecule is Nc1cc(C(=O)N2C3CCC2CC(O)C3)c(F)cc1F. The van der Waals surface area contributed by atoms with Gasteiger partial charge in [-0.15, -0.1) is 0 Å². The third kappa shape index (κ3) is 2.04. The first-order valence-electron chi connectivity index (χ1n) is 6.72. The van der Waals surface area contributed by atoms with E-state index in [-0.39, 0.29) is 23.3 Å². The molecule has 4 nitrogen and oxygen atoms in total. The Kier molecular flexibility index (Phi) is 3.12. The molecule has 2 bridgehead atoms. The van der Waals surface area contributed by atoms with Crippen molar-refractivity contribution in [1.82, 2.24) is 4.90 Å². The van der Waals surface area contributed by atoms with Crippen LogP contribution in [0.5, 0.6) is 0 Å². The number of nitrogens with zero attached hydrogens (tertiary/aromatic N) is 1. The summed E-state index contributed by atoms with van der Waals surface area (Å²) in [4.78, 5) is 14.1. The van der Waals surface area contributed by atoms with E-state index in [4.69, 9.17) is 5.73 Å². The number of carbonyl (C=O) groups excluding carboxylic acids is 1. The lowest BCUT2D eigenvalue weighted by Gasteiger charge is -2.37. The number of halogens is 2. The van der Waals surface area contributed by atoms with Gasteiger partial charge in [0.1, 0.15) is 11.6 Å². The molecule has 2 atom stereocenters. The molecule has 0 saturated carbocycles. The highest BCUT2D eigenvalue weighted by Gasteiger charge is 2.43. The molecule has 2 saturated heterocycles. The molecule has 2 fully saturated rings. The van der Waals surface area contributed by atoms with Crippen molar-refractivity contribution in [3.05, 3.63) is 29.3 Å². The Morgan fingerprint density at radius 2 is 1.80 bits per heavy atom. The minimum atomic E-state index is -0.896. The number of amides is 1. The van der Waals surface area contributed by atoms with Crippen LogP contribution in [0, 0.1) is 11.6 Å². The Bertz CT molecular complexity index is 550. The summed E-state index contributed by atoms with van der Waals surface area (Å²) in [6, 6.07) is 1.56. The van der Waals surface area contributed by atoms with Crippen molar-refractivity contribution >= 4 is 11.6 Å². The predicted molar refractivity (Wildman–Crippen MR) is 69.0 cm³/mol. The van der Waals surface area contributed by atoms with Gasteiger partial charge < -0.3 is 15.7 Å². The van der Waals surface area contributed by atoms with E-state index < -0.39 is 23.6 Å². The Hall–Kier alpha value is -1.69. The molecule has 0 radical (unpaired) electrons. The standard InChI is InChI=1S/C14H16F2N2O2/c15-11-6-12(16)13(17)5-10(11)14(20)18-7-1-2-8(18)4-9(19)3-7/h5-9,19H,1-4,17H2. The number of nitrogens with two attached hydrogens (primary N) is 1. The van der Waals surface area contributed by atoms with Crippen molar-refractivity contribution < 1.29 is 18.7 Å². The summed E-state index contributed by atoms with van der Waals surface area (Å²) in [6.45, 7) is 0. The largest absolute Gasteiger partial charge is 0.396 e. The second-order valence-electron chi connectivity index (χ2n) is 5.58. The molecule has 0 aromatic heterocycles. The third-order valence-corrected chi connectivity index (χ3v) is 4.26. The third-order valence-electron chi connectivity index (χ3n) is 4.26. The predicted octanol–water partition coefficient (Wildman–Crippen LogP) is 1.67. The van der Waals surface area contributed by atoms with Gasteiger partial charge in [-0.25, -0.2) is 8.78 Å². The number of anilines is 1. The van der Waals surface area contributed by atoms with Gasteiger partial charge in [-0.1, -0.05) is 0 Å². The van der Waals surface area contributed by atoms with Crippen molar-refractivity contribution in [2.24, 2.45) is 0 Å². The van der Waals surface area contributed by atoms with Crippen LogP contribution in [0.3, 0.4) is 0 Å². The molecule has 2 aliphatic heterocycles. The number of hydrogen-bond donors (Lipinski definition) is 2. The number of carbonyl (C=O) groups is 1. The Labute approximate surface area is 115 Å². The van der Waals surface area contributed by atoms with Crippen LogP contribution in [-0.2, 0) is 0 Å². The van der Waals surface area contributed by atoms with E-state index in [0.29, 0.717) is 18.9 Å². The molecular formula is C14H16F2N2O2. The smallest absolute Gasteiger partial charge is 0.257 e. The highest BCUT2D eigenvalue weighted by Crippen LogP contribution is 2.37. The van der Waals surface area contributed by atoms with Gasteiger partial charge in [0.25, 0.3) is 5.91 Å². The molecule has 20 heavy (non-hydrogen) atoms. The molecule has 2 aliphatic rings. The summed E-state index contributed by atoms with van der Waals surface area (Å²) in [5.74, 6) is -2.23. The van der Waals surface area contributed by atoms with Crippen LogP contribution in [-0.4, -0.2) is 34.1 Å². The number of hydrogen-bond acceptors (Lipinski definition) is 3. The summed E-state index contributed by atoms with van der Waals surface area (Å²) in [5.41, 5.74) is 4.98. The van der Waals surface area contributed by atoms with Gasteiger partial charge in [0.05, 0.1) is 17.4 Å². The molecule has 2 unspecified atom stereocenters. The number of piperidine rings is 1.